The zero-order chi connectivity index (χ0) is 26.6. The molecule has 0 bridgehead atoms. The highest BCUT2D eigenvalue weighted by molar-refractivity contribution is 9.10. The number of nitrogens with zero attached hydrogens (tertiary/aromatic N) is 4. The largest absolute Gasteiger partial charge is 0.505 e. The first kappa shape index (κ1) is 24.3. The van der Waals surface area contributed by atoms with E-state index in [0.29, 0.717) is 45.6 Å². The van der Waals surface area contributed by atoms with Gasteiger partial charge in [0, 0.05) is 10.7 Å². The number of anilines is 1. The zero-order valence-corrected chi connectivity index (χ0v) is 22.8. The Morgan fingerprint density at radius 1 is 1.11 bits per heavy atom. The summed E-state index contributed by atoms with van der Waals surface area (Å²) in [5.74, 6) is -1.12. The summed E-state index contributed by atoms with van der Waals surface area (Å²) in [5.41, 5.74) is 2.86. The standard InChI is InChI=1S/C28H21BrN4O4S/c1-3-37-18-11-12-19-20(14-18)38-28(31-19)33-24(16-7-9-17(29)10-8-16)22(26(35)27(33)36)25(34)23-15(2)30-21-6-4-5-13-32(21)23/h4-14,24,34H,3H2,1-2H3. The fraction of sp³-hybridized carbons (Fsp3) is 0.143. The van der Waals surface area contributed by atoms with E-state index in [4.69, 9.17) is 4.74 Å². The van der Waals surface area contributed by atoms with Crippen LogP contribution in [0.2, 0.25) is 0 Å². The molecule has 1 aliphatic rings. The van der Waals surface area contributed by atoms with E-state index in [2.05, 4.69) is 25.9 Å². The molecule has 3 aromatic heterocycles. The van der Waals surface area contributed by atoms with Gasteiger partial charge < -0.3 is 9.84 Å². The number of rotatable bonds is 5. The predicted octanol–water partition coefficient (Wildman–Crippen LogP) is 6.04. The number of aliphatic hydroxyl groups excluding tert-OH is 1. The molecule has 4 heterocycles. The van der Waals surface area contributed by atoms with Crippen LogP contribution < -0.4 is 9.64 Å². The van der Waals surface area contributed by atoms with E-state index in [1.54, 1.807) is 17.5 Å². The molecule has 8 nitrogen and oxygen atoms in total. The number of halogens is 1. The number of thiazole rings is 1. The monoisotopic (exact) mass is 588 g/mol. The SMILES string of the molecule is CCOc1ccc2nc(N3C(=O)C(=O)C(=C(O)c4c(C)nc5ccccn45)C3c3ccc(Br)cc3)sc2c1. The average molecular weight is 589 g/mol. The number of fused-ring (bicyclic) bond motifs is 2. The molecule has 0 saturated carbocycles. The molecule has 0 radical (unpaired) electrons. The predicted molar refractivity (Wildman–Crippen MR) is 150 cm³/mol. The van der Waals surface area contributed by atoms with E-state index < -0.39 is 17.7 Å². The summed E-state index contributed by atoms with van der Waals surface area (Å²) in [7, 11) is 0. The van der Waals surface area contributed by atoms with E-state index in [0.717, 1.165) is 9.17 Å². The molecule has 10 heteroatoms. The lowest BCUT2D eigenvalue weighted by atomic mass is 9.96. The minimum atomic E-state index is -0.885. The summed E-state index contributed by atoms with van der Waals surface area (Å²) in [6.45, 7) is 4.19. The molecule has 1 aliphatic heterocycles. The maximum absolute atomic E-state index is 13.6. The molecule has 5 aromatic rings. The molecule has 1 fully saturated rings. The van der Waals surface area contributed by atoms with Gasteiger partial charge in [-0.1, -0.05) is 45.5 Å². The highest BCUT2D eigenvalue weighted by Gasteiger charge is 2.48. The summed E-state index contributed by atoms with van der Waals surface area (Å²) >= 11 is 4.74. The number of aliphatic hydroxyl groups is 1. The van der Waals surface area contributed by atoms with E-state index in [-0.39, 0.29) is 11.3 Å². The van der Waals surface area contributed by atoms with Gasteiger partial charge in [0.05, 0.1) is 34.1 Å². The topological polar surface area (TPSA) is 97.0 Å². The lowest BCUT2D eigenvalue weighted by Crippen LogP contribution is -2.29. The number of ketones is 1. The number of benzene rings is 2. The van der Waals surface area contributed by atoms with E-state index in [1.165, 1.54) is 16.2 Å². The van der Waals surface area contributed by atoms with Crippen molar-refractivity contribution in [3.63, 3.8) is 0 Å². The van der Waals surface area contributed by atoms with Crippen molar-refractivity contribution < 1.29 is 19.4 Å². The first-order chi connectivity index (χ1) is 18.4. The van der Waals surface area contributed by atoms with E-state index in [9.17, 15) is 14.7 Å². The summed E-state index contributed by atoms with van der Waals surface area (Å²) in [4.78, 5) is 37.7. The van der Waals surface area contributed by atoms with E-state index in [1.807, 2.05) is 67.6 Å². The van der Waals surface area contributed by atoms with Crippen molar-refractivity contribution in [1.82, 2.24) is 14.4 Å². The Bertz CT molecular complexity index is 1770. The fourth-order valence-corrected chi connectivity index (χ4v) is 6.05. The van der Waals surface area contributed by atoms with Crippen LogP contribution >= 0.6 is 27.3 Å². The number of carbonyl (C=O) groups excluding carboxylic acids is 2. The smallest absolute Gasteiger partial charge is 0.301 e. The molecule has 0 spiro atoms. The van der Waals surface area contributed by atoms with Crippen LogP contribution in [0.25, 0.3) is 21.6 Å². The van der Waals surface area contributed by atoms with Gasteiger partial charge in [0.1, 0.15) is 17.1 Å². The number of Topliss-reactive ketones (excluding diaryl/α,β-unsaturated/α-hetero) is 1. The van der Waals surface area contributed by atoms with Gasteiger partial charge in [-0.3, -0.25) is 18.9 Å². The molecule has 1 atom stereocenters. The Labute approximate surface area is 230 Å². The molecule has 38 heavy (non-hydrogen) atoms. The number of hydrogen-bond acceptors (Lipinski definition) is 7. The number of ether oxygens (including phenoxy) is 1. The molecular weight excluding hydrogens is 568 g/mol. The number of aromatic nitrogens is 3. The third-order valence-corrected chi connectivity index (χ3v) is 7.97. The zero-order valence-electron chi connectivity index (χ0n) is 20.4. The fourth-order valence-electron chi connectivity index (χ4n) is 4.77. The Morgan fingerprint density at radius 3 is 2.66 bits per heavy atom. The number of imidazole rings is 1. The second kappa shape index (κ2) is 9.38. The van der Waals surface area contributed by atoms with Gasteiger partial charge >= 0.3 is 5.91 Å². The van der Waals surface area contributed by atoms with Crippen LogP contribution in [0.4, 0.5) is 5.13 Å². The van der Waals surface area contributed by atoms with Crippen LogP contribution in [0.3, 0.4) is 0 Å². The normalized spacial score (nSPS) is 17.1. The molecule has 2 aromatic carbocycles. The molecule has 1 amide bonds. The van der Waals surface area contributed by atoms with Crippen molar-refractivity contribution in [3.05, 3.63) is 93.9 Å². The van der Waals surface area contributed by atoms with Crippen LogP contribution in [-0.4, -0.2) is 37.8 Å². The molecular formula is C28H21BrN4O4S. The van der Waals surface area contributed by atoms with Crippen molar-refractivity contribution in [2.24, 2.45) is 0 Å². The highest BCUT2D eigenvalue weighted by Crippen LogP contribution is 2.45. The number of aryl methyl sites for hydroxylation is 1. The first-order valence-corrected chi connectivity index (χ1v) is 13.5. The van der Waals surface area contributed by atoms with Gasteiger partial charge in [0.2, 0.25) is 0 Å². The molecule has 1 unspecified atom stereocenters. The van der Waals surface area contributed by atoms with E-state index >= 15 is 0 Å². The van der Waals surface area contributed by atoms with Gasteiger partial charge in [-0.25, -0.2) is 9.97 Å². The Morgan fingerprint density at radius 2 is 1.89 bits per heavy atom. The quantitative estimate of drug-likeness (QED) is 0.153. The van der Waals surface area contributed by atoms with Crippen molar-refractivity contribution in [2.75, 3.05) is 11.5 Å². The lowest BCUT2D eigenvalue weighted by molar-refractivity contribution is -0.132. The minimum Gasteiger partial charge on any atom is -0.505 e. The number of amides is 1. The van der Waals surface area contributed by atoms with Gasteiger partial charge in [0.25, 0.3) is 5.78 Å². The van der Waals surface area contributed by atoms with Crippen molar-refractivity contribution in [2.45, 2.75) is 19.9 Å². The third kappa shape index (κ3) is 3.88. The summed E-state index contributed by atoms with van der Waals surface area (Å²) in [6, 6.07) is 17.4. The highest BCUT2D eigenvalue weighted by atomic mass is 79.9. The van der Waals surface area contributed by atoms with Crippen LogP contribution in [-0.2, 0) is 9.59 Å². The third-order valence-electron chi connectivity index (χ3n) is 6.42. The summed E-state index contributed by atoms with van der Waals surface area (Å²) in [6.07, 6.45) is 1.76. The second-order valence-corrected chi connectivity index (χ2v) is 10.7. The molecule has 0 aliphatic carbocycles. The molecule has 1 N–H and O–H groups in total. The average Bonchev–Trinajstić information content (AvgIpc) is 3.55. The van der Waals surface area contributed by atoms with Gasteiger partial charge in [-0.05, 0) is 61.9 Å². The van der Waals surface area contributed by atoms with Crippen molar-refractivity contribution in [1.29, 1.82) is 0 Å². The summed E-state index contributed by atoms with van der Waals surface area (Å²) in [5, 5.41) is 12.0. The van der Waals surface area contributed by atoms with Gasteiger partial charge in [-0.2, -0.15) is 0 Å². The Balaban J connectivity index is 1.57. The molecule has 1 saturated heterocycles. The molecule has 6 rings (SSSR count). The number of pyridine rings is 1. The maximum atomic E-state index is 13.6. The van der Waals surface area contributed by atoms with Crippen LogP contribution in [0.15, 0.2) is 76.9 Å². The van der Waals surface area contributed by atoms with Crippen molar-refractivity contribution in [3.8, 4) is 5.75 Å². The summed E-state index contributed by atoms with van der Waals surface area (Å²) < 4.78 is 8.99. The first-order valence-electron chi connectivity index (χ1n) is 11.9. The Hall–Kier alpha value is -4.02. The Kier molecular flexibility index (Phi) is 6.00. The number of carbonyl (C=O) groups is 2. The maximum Gasteiger partial charge on any atom is 0.301 e. The van der Waals surface area contributed by atoms with Crippen LogP contribution in [0.1, 0.15) is 29.9 Å². The number of hydrogen-bond donors (Lipinski definition) is 1. The minimum absolute atomic E-state index is 0.0136. The second-order valence-electron chi connectivity index (χ2n) is 8.75. The van der Waals surface area contributed by atoms with Crippen LogP contribution in [0.5, 0.6) is 5.75 Å². The van der Waals surface area contributed by atoms with Crippen LogP contribution in [0, 0.1) is 6.92 Å². The van der Waals surface area contributed by atoms with Gasteiger partial charge in [-0.15, -0.1) is 0 Å². The van der Waals surface area contributed by atoms with Crippen molar-refractivity contribution >= 4 is 65.7 Å². The lowest BCUT2D eigenvalue weighted by Gasteiger charge is -2.23. The molecule has 190 valence electrons. The van der Waals surface area contributed by atoms with Gasteiger partial charge in [0.15, 0.2) is 10.9 Å².